The minimum Gasteiger partial charge on any atom is -0.469 e. The second-order valence-corrected chi connectivity index (χ2v) is 4.71. The minimum atomic E-state index is -0.146. The van der Waals surface area contributed by atoms with E-state index < -0.39 is 0 Å². The molecular formula is C15H16ClNO2. The summed E-state index contributed by atoms with van der Waals surface area (Å²) in [5, 5.41) is 2.93. The van der Waals surface area contributed by atoms with Gasteiger partial charge in [-0.25, -0.2) is 0 Å². The molecule has 1 unspecified atom stereocenters. The number of furan rings is 1. The van der Waals surface area contributed by atoms with Crippen LogP contribution in [0.4, 0.5) is 0 Å². The number of benzene rings is 1. The Hall–Kier alpha value is -1.74. The SMILES string of the molecule is Cc1occc1C(=O)NC(CCl)Cc1ccccc1. The van der Waals surface area contributed by atoms with Crippen LogP contribution in [0.3, 0.4) is 0 Å². The van der Waals surface area contributed by atoms with Gasteiger partial charge in [-0.1, -0.05) is 30.3 Å². The number of nitrogens with one attached hydrogen (secondary N) is 1. The van der Waals surface area contributed by atoms with Crippen molar-refractivity contribution in [3.8, 4) is 0 Å². The molecule has 0 saturated heterocycles. The zero-order valence-electron chi connectivity index (χ0n) is 10.7. The summed E-state index contributed by atoms with van der Waals surface area (Å²) in [7, 11) is 0. The molecule has 0 aliphatic rings. The van der Waals surface area contributed by atoms with Crippen LogP contribution in [0.1, 0.15) is 21.7 Å². The van der Waals surface area contributed by atoms with Crippen molar-refractivity contribution >= 4 is 17.5 Å². The number of rotatable bonds is 5. The lowest BCUT2D eigenvalue weighted by atomic mass is 10.1. The normalized spacial score (nSPS) is 12.1. The molecule has 19 heavy (non-hydrogen) atoms. The molecule has 0 bridgehead atoms. The molecule has 0 aliphatic heterocycles. The zero-order chi connectivity index (χ0) is 13.7. The summed E-state index contributed by atoms with van der Waals surface area (Å²) >= 11 is 5.92. The average Bonchev–Trinajstić information content (AvgIpc) is 2.85. The summed E-state index contributed by atoms with van der Waals surface area (Å²) < 4.78 is 5.13. The topological polar surface area (TPSA) is 42.2 Å². The van der Waals surface area contributed by atoms with E-state index in [1.807, 2.05) is 30.3 Å². The predicted molar refractivity (Wildman–Crippen MR) is 75.6 cm³/mol. The summed E-state index contributed by atoms with van der Waals surface area (Å²) in [5.74, 6) is 0.843. The number of alkyl halides is 1. The monoisotopic (exact) mass is 277 g/mol. The molecule has 1 atom stereocenters. The summed E-state index contributed by atoms with van der Waals surface area (Å²) in [5.41, 5.74) is 1.71. The van der Waals surface area contributed by atoms with Crippen molar-refractivity contribution in [1.29, 1.82) is 0 Å². The maximum absolute atomic E-state index is 12.1. The number of hydrogen-bond donors (Lipinski definition) is 1. The quantitative estimate of drug-likeness (QED) is 0.853. The highest BCUT2D eigenvalue weighted by Crippen LogP contribution is 2.10. The van der Waals surface area contributed by atoms with Gasteiger partial charge in [0.05, 0.1) is 11.8 Å². The number of carbonyl (C=O) groups excluding carboxylic acids is 1. The highest BCUT2D eigenvalue weighted by molar-refractivity contribution is 6.18. The first kappa shape index (κ1) is 13.7. The lowest BCUT2D eigenvalue weighted by molar-refractivity contribution is 0.0939. The van der Waals surface area contributed by atoms with Gasteiger partial charge in [-0.2, -0.15) is 0 Å². The van der Waals surface area contributed by atoms with Crippen molar-refractivity contribution < 1.29 is 9.21 Å². The molecule has 1 N–H and O–H groups in total. The summed E-state index contributed by atoms with van der Waals surface area (Å²) in [6.07, 6.45) is 2.23. The standard InChI is InChI=1S/C15H16ClNO2/c1-11-14(7-8-19-11)15(18)17-13(10-16)9-12-5-3-2-4-6-12/h2-8,13H,9-10H2,1H3,(H,17,18). The fourth-order valence-corrected chi connectivity index (χ4v) is 2.11. The van der Waals surface area contributed by atoms with Gasteiger partial charge >= 0.3 is 0 Å². The zero-order valence-corrected chi connectivity index (χ0v) is 11.5. The Morgan fingerprint density at radius 3 is 2.63 bits per heavy atom. The molecule has 0 radical (unpaired) electrons. The molecule has 1 amide bonds. The largest absolute Gasteiger partial charge is 0.469 e. The van der Waals surface area contributed by atoms with Crippen molar-refractivity contribution in [2.75, 3.05) is 5.88 Å². The van der Waals surface area contributed by atoms with Gasteiger partial charge in [0.15, 0.2) is 0 Å². The van der Waals surface area contributed by atoms with E-state index in [-0.39, 0.29) is 11.9 Å². The van der Waals surface area contributed by atoms with Crippen molar-refractivity contribution in [3.05, 3.63) is 59.5 Å². The molecule has 1 heterocycles. The molecule has 1 aromatic heterocycles. The third-order valence-electron chi connectivity index (χ3n) is 2.95. The van der Waals surface area contributed by atoms with Gasteiger partial charge in [-0.05, 0) is 25.0 Å². The molecule has 0 spiro atoms. The molecule has 1 aromatic carbocycles. The fraction of sp³-hybridized carbons (Fsp3) is 0.267. The van der Waals surface area contributed by atoms with E-state index >= 15 is 0 Å². The Labute approximate surface area is 117 Å². The van der Waals surface area contributed by atoms with Crippen LogP contribution in [0.15, 0.2) is 47.1 Å². The highest BCUT2D eigenvalue weighted by Gasteiger charge is 2.16. The first-order chi connectivity index (χ1) is 9.20. The summed E-state index contributed by atoms with van der Waals surface area (Å²) in [4.78, 5) is 12.1. The third-order valence-corrected chi connectivity index (χ3v) is 3.32. The first-order valence-electron chi connectivity index (χ1n) is 6.15. The lowest BCUT2D eigenvalue weighted by Gasteiger charge is -2.15. The van der Waals surface area contributed by atoms with Crippen LogP contribution in [0, 0.1) is 6.92 Å². The van der Waals surface area contributed by atoms with E-state index in [0.29, 0.717) is 23.6 Å². The first-order valence-corrected chi connectivity index (χ1v) is 6.69. The van der Waals surface area contributed by atoms with Crippen molar-refractivity contribution in [2.24, 2.45) is 0 Å². The van der Waals surface area contributed by atoms with Gasteiger partial charge in [0, 0.05) is 11.9 Å². The highest BCUT2D eigenvalue weighted by atomic mass is 35.5. The molecule has 2 aromatic rings. The summed E-state index contributed by atoms with van der Waals surface area (Å²) in [6, 6.07) is 11.5. The fourth-order valence-electron chi connectivity index (χ4n) is 1.93. The second kappa shape index (κ2) is 6.43. The molecular weight excluding hydrogens is 262 g/mol. The van der Waals surface area contributed by atoms with Crippen molar-refractivity contribution in [3.63, 3.8) is 0 Å². The molecule has 2 rings (SSSR count). The Balaban J connectivity index is 2.00. The van der Waals surface area contributed by atoms with E-state index in [1.54, 1.807) is 13.0 Å². The lowest BCUT2D eigenvalue weighted by Crippen LogP contribution is -2.37. The van der Waals surface area contributed by atoms with Crippen molar-refractivity contribution in [1.82, 2.24) is 5.32 Å². The van der Waals surface area contributed by atoms with Gasteiger partial charge in [-0.15, -0.1) is 11.6 Å². The average molecular weight is 278 g/mol. The Morgan fingerprint density at radius 2 is 2.05 bits per heavy atom. The van der Waals surface area contributed by atoms with Crippen LogP contribution in [0.25, 0.3) is 0 Å². The van der Waals surface area contributed by atoms with Gasteiger partial charge in [-0.3, -0.25) is 4.79 Å². The van der Waals surface area contributed by atoms with Crippen LogP contribution in [-0.2, 0) is 6.42 Å². The molecule has 0 fully saturated rings. The molecule has 4 heteroatoms. The smallest absolute Gasteiger partial charge is 0.255 e. The number of aryl methyl sites for hydroxylation is 1. The van der Waals surface area contributed by atoms with Crippen LogP contribution in [-0.4, -0.2) is 17.8 Å². The van der Waals surface area contributed by atoms with E-state index in [4.69, 9.17) is 16.0 Å². The number of halogens is 1. The van der Waals surface area contributed by atoms with Crippen molar-refractivity contribution in [2.45, 2.75) is 19.4 Å². The number of hydrogen-bond acceptors (Lipinski definition) is 2. The van der Waals surface area contributed by atoms with Gasteiger partial charge in [0.2, 0.25) is 0 Å². The maximum atomic E-state index is 12.1. The minimum absolute atomic E-state index is 0.0918. The Morgan fingerprint density at radius 1 is 1.32 bits per heavy atom. The van der Waals surface area contributed by atoms with Crippen LogP contribution in [0.2, 0.25) is 0 Å². The third kappa shape index (κ3) is 3.61. The van der Waals surface area contributed by atoms with E-state index in [1.165, 1.54) is 6.26 Å². The van der Waals surface area contributed by atoms with Gasteiger partial charge in [0.1, 0.15) is 5.76 Å². The maximum Gasteiger partial charge on any atom is 0.255 e. The number of amides is 1. The number of carbonyl (C=O) groups is 1. The van der Waals surface area contributed by atoms with E-state index in [9.17, 15) is 4.79 Å². The molecule has 3 nitrogen and oxygen atoms in total. The Bertz CT molecular complexity index is 536. The summed E-state index contributed by atoms with van der Waals surface area (Å²) in [6.45, 7) is 1.77. The van der Waals surface area contributed by atoms with E-state index in [2.05, 4.69) is 5.32 Å². The van der Waals surface area contributed by atoms with E-state index in [0.717, 1.165) is 5.56 Å². The van der Waals surface area contributed by atoms with Gasteiger partial charge in [0.25, 0.3) is 5.91 Å². The second-order valence-electron chi connectivity index (χ2n) is 4.40. The van der Waals surface area contributed by atoms with Crippen LogP contribution in [0.5, 0.6) is 0 Å². The predicted octanol–water partition coefficient (Wildman–Crippen LogP) is 3.17. The molecule has 100 valence electrons. The molecule has 0 saturated carbocycles. The molecule has 0 aliphatic carbocycles. The Kier molecular flexibility index (Phi) is 4.63. The van der Waals surface area contributed by atoms with Gasteiger partial charge < -0.3 is 9.73 Å². The van der Waals surface area contributed by atoms with Crippen LogP contribution >= 0.6 is 11.6 Å². The van der Waals surface area contributed by atoms with Crippen LogP contribution < -0.4 is 5.32 Å².